The number of hydrogen-bond donors (Lipinski definition) is 0. The van der Waals surface area contributed by atoms with Gasteiger partial charge in [0.1, 0.15) is 0 Å². The topological polar surface area (TPSA) is 13.1 Å². The highest BCUT2D eigenvalue weighted by atomic mass is 16.3. The first-order valence-electron chi connectivity index (χ1n) is 3.26. The molecule has 0 bridgehead atoms. The minimum atomic E-state index is 0.513. The maximum atomic E-state index is 5.34. The fraction of sp³-hybridized carbons (Fsp3) is 0.429. The Morgan fingerprint density at radius 2 is 2.00 bits per heavy atom. The largest absolute Gasteiger partial charge is 0.477 e. The molecule has 1 nitrogen and oxygen atoms in total. The maximum absolute atomic E-state index is 5.34. The first kappa shape index (κ1) is 6.46. The predicted octanol–water partition coefficient (Wildman–Crippen LogP) is 1.55. The van der Waals surface area contributed by atoms with Gasteiger partial charge in [-0.3, -0.25) is 0 Å². The Morgan fingerprint density at radius 3 is 2.22 bits per heavy atom. The average Bonchev–Trinajstić information content (AvgIpc) is 2.14. The third-order valence-electron chi connectivity index (χ3n) is 1.33. The minimum absolute atomic E-state index is 0.513. The van der Waals surface area contributed by atoms with Gasteiger partial charge in [0, 0.05) is 0 Å². The van der Waals surface area contributed by atoms with Gasteiger partial charge in [0.2, 0.25) is 6.71 Å². The molecule has 0 amide bonds. The smallest absolute Gasteiger partial charge is 0.216 e. The summed E-state index contributed by atoms with van der Waals surface area (Å²) in [6.45, 7) is 6.72. The second-order valence-electron chi connectivity index (χ2n) is 2.60. The molecule has 48 valence electrons. The van der Waals surface area contributed by atoms with Gasteiger partial charge in [-0.1, -0.05) is 13.6 Å². The predicted molar refractivity (Wildman–Crippen MR) is 40.6 cm³/mol. The molecule has 0 radical (unpaired) electrons. The average molecular weight is 122 g/mol. The normalized spacial score (nSPS) is 9.67. The molecule has 0 fully saturated rings. The third kappa shape index (κ3) is 1.38. The highest BCUT2D eigenvalue weighted by molar-refractivity contribution is 6.69. The van der Waals surface area contributed by atoms with Gasteiger partial charge in [0.05, 0.1) is 11.4 Å². The van der Waals surface area contributed by atoms with Gasteiger partial charge >= 0.3 is 0 Å². The molecule has 0 aliphatic rings. The molecule has 9 heavy (non-hydrogen) atoms. The molecule has 0 spiro atoms. The summed E-state index contributed by atoms with van der Waals surface area (Å²) in [5.74, 6) is 0.999. The van der Waals surface area contributed by atoms with Crippen molar-refractivity contribution in [1.29, 1.82) is 0 Å². The molecule has 0 saturated heterocycles. The van der Waals surface area contributed by atoms with Crippen molar-refractivity contribution >= 4 is 12.4 Å². The van der Waals surface area contributed by atoms with Crippen LogP contribution in [0, 0.1) is 6.92 Å². The Bertz CT molecular complexity index is 191. The lowest BCUT2D eigenvalue weighted by Crippen LogP contribution is -2.19. The second-order valence-corrected chi connectivity index (χ2v) is 2.60. The lowest BCUT2D eigenvalue weighted by molar-refractivity contribution is 0.564. The third-order valence-corrected chi connectivity index (χ3v) is 1.33. The first-order chi connectivity index (χ1) is 4.20. The van der Waals surface area contributed by atoms with E-state index in [9.17, 15) is 0 Å². The SMILES string of the molecule is CB(C)c1ccc(C)o1. The van der Waals surface area contributed by atoms with E-state index in [0.717, 1.165) is 11.4 Å². The quantitative estimate of drug-likeness (QED) is 0.515. The van der Waals surface area contributed by atoms with Crippen LogP contribution in [0.4, 0.5) is 0 Å². The van der Waals surface area contributed by atoms with Crippen LogP contribution in [0.1, 0.15) is 5.76 Å². The van der Waals surface area contributed by atoms with Crippen molar-refractivity contribution in [3.63, 3.8) is 0 Å². The van der Waals surface area contributed by atoms with Crippen molar-refractivity contribution in [2.45, 2.75) is 20.6 Å². The van der Waals surface area contributed by atoms with E-state index in [1.54, 1.807) is 0 Å². The van der Waals surface area contributed by atoms with Crippen LogP contribution in [-0.2, 0) is 0 Å². The summed E-state index contributed by atoms with van der Waals surface area (Å²) < 4.78 is 5.34. The van der Waals surface area contributed by atoms with Gasteiger partial charge < -0.3 is 4.42 Å². The maximum Gasteiger partial charge on any atom is 0.216 e. The van der Waals surface area contributed by atoms with Crippen molar-refractivity contribution in [3.8, 4) is 0 Å². The molecule has 0 aliphatic carbocycles. The Kier molecular flexibility index (Phi) is 1.65. The molecule has 0 aromatic carbocycles. The molecule has 2 heteroatoms. The summed E-state index contributed by atoms with van der Waals surface area (Å²) in [4.78, 5) is 0. The van der Waals surface area contributed by atoms with E-state index in [-0.39, 0.29) is 0 Å². The molecule has 1 aromatic rings. The van der Waals surface area contributed by atoms with Crippen LogP contribution in [0.15, 0.2) is 16.5 Å². The lowest BCUT2D eigenvalue weighted by Gasteiger charge is -1.92. The van der Waals surface area contributed by atoms with Gasteiger partial charge in [0.25, 0.3) is 0 Å². The molecular formula is C7H11BO. The number of aryl methyl sites for hydroxylation is 1. The van der Waals surface area contributed by atoms with Crippen molar-refractivity contribution in [3.05, 3.63) is 17.9 Å². The van der Waals surface area contributed by atoms with Gasteiger partial charge in [-0.25, -0.2) is 0 Å². The minimum Gasteiger partial charge on any atom is -0.477 e. The molecule has 1 aromatic heterocycles. The standard InChI is InChI=1S/C7H11BO/c1-6-4-5-7(9-6)8(2)3/h4-5H,1-3H3. The Labute approximate surface area is 56.1 Å². The van der Waals surface area contributed by atoms with E-state index >= 15 is 0 Å². The van der Waals surface area contributed by atoms with Crippen LogP contribution < -0.4 is 5.66 Å². The van der Waals surface area contributed by atoms with E-state index in [1.165, 1.54) is 0 Å². The highest BCUT2D eigenvalue weighted by Crippen LogP contribution is 1.95. The van der Waals surface area contributed by atoms with Gasteiger partial charge in [-0.2, -0.15) is 0 Å². The molecule has 0 N–H and O–H groups in total. The summed E-state index contributed by atoms with van der Waals surface area (Å²) in [6, 6.07) is 4.02. The Hall–Kier alpha value is -0.655. The molecular weight excluding hydrogens is 111 g/mol. The van der Waals surface area contributed by atoms with Gasteiger partial charge in [0.15, 0.2) is 0 Å². The zero-order valence-electron chi connectivity index (χ0n) is 6.14. The fourth-order valence-corrected chi connectivity index (χ4v) is 0.764. The van der Waals surface area contributed by atoms with Crippen molar-refractivity contribution in [2.24, 2.45) is 0 Å². The lowest BCUT2D eigenvalue weighted by atomic mass is 9.53. The summed E-state index contributed by atoms with van der Waals surface area (Å²) >= 11 is 0. The summed E-state index contributed by atoms with van der Waals surface area (Å²) in [6.07, 6.45) is 0. The van der Waals surface area contributed by atoms with Gasteiger partial charge in [-0.05, 0) is 19.1 Å². The monoisotopic (exact) mass is 122 g/mol. The van der Waals surface area contributed by atoms with Crippen LogP contribution in [-0.4, -0.2) is 6.71 Å². The number of furan rings is 1. The zero-order chi connectivity index (χ0) is 6.85. The Balaban J connectivity index is 2.85. The van der Waals surface area contributed by atoms with E-state index in [4.69, 9.17) is 4.42 Å². The number of hydrogen-bond acceptors (Lipinski definition) is 1. The highest BCUT2D eigenvalue weighted by Gasteiger charge is 2.05. The molecule has 0 aliphatic heterocycles. The van der Waals surface area contributed by atoms with E-state index in [2.05, 4.69) is 13.6 Å². The zero-order valence-corrected chi connectivity index (χ0v) is 6.14. The van der Waals surface area contributed by atoms with Crippen molar-refractivity contribution < 1.29 is 4.42 Å². The van der Waals surface area contributed by atoms with Crippen LogP contribution in [0.2, 0.25) is 13.6 Å². The summed E-state index contributed by atoms with van der Waals surface area (Å²) in [7, 11) is 0. The first-order valence-corrected chi connectivity index (χ1v) is 3.26. The molecule has 0 unspecified atom stereocenters. The van der Waals surface area contributed by atoms with E-state index in [0.29, 0.717) is 6.71 Å². The molecule has 0 atom stereocenters. The van der Waals surface area contributed by atoms with Crippen LogP contribution in [0.5, 0.6) is 0 Å². The van der Waals surface area contributed by atoms with Gasteiger partial charge in [-0.15, -0.1) is 0 Å². The van der Waals surface area contributed by atoms with Crippen LogP contribution >= 0.6 is 0 Å². The fourth-order valence-electron chi connectivity index (χ4n) is 0.764. The number of rotatable bonds is 1. The summed E-state index contributed by atoms with van der Waals surface area (Å²) in [5.41, 5.74) is 1.08. The van der Waals surface area contributed by atoms with Crippen molar-refractivity contribution in [1.82, 2.24) is 0 Å². The van der Waals surface area contributed by atoms with E-state index < -0.39 is 0 Å². The molecule has 0 saturated carbocycles. The molecule has 1 rings (SSSR count). The Morgan fingerprint density at radius 1 is 1.33 bits per heavy atom. The van der Waals surface area contributed by atoms with E-state index in [1.807, 2.05) is 19.1 Å². The van der Waals surface area contributed by atoms with Crippen LogP contribution in [0.25, 0.3) is 0 Å². The van der Waals surface area contributed by atoms with Crippen LogP contribution in [0.3, 0.4) is 0 Å². The molecule has 1 heterocycles. The summed E-state index contributed by atoms with van der Waals surface area (Å²) in [5, 5.41) is 0. The van der Waals surface area contributed by atoms with Crippen molar-refractivity contribution in [2.75, 3.05) is 0 Å². The second kappa shape index (κ2) is 2.30.